The van der Waals surface area contributed by atoms with E-state index in [1.165, 1.54) is 47.7 Å². The molecule has 1 N–H and O–H groups in total. The van der Waals surface area contributed by atoms with Crippen LogP contribution in [0.5, 0.6) is 0 Å². The first-order valence-electron chi connectivity index (χ1n) is 8.66. The number of methoxy groups -OCH3 is 1. The average molecular weight is 334 g/mol. The Bertz CT molecular complexity index is 967. The molecule has 4 nitrogen and oxygen atoms in total. The van der Waals surface area contributed by atoms with Crippen molar-refractivity contribution in [1.82, 2.24) is 9.97 Å². The molecule has 1 aromatic carbocycles. The third kappa shape index (κ3) is 2.82. The molecule has 0 radical (unpaired) electrons. The number of H-pyrrole nitrogens is 1. The molecule has 1 aliphatic carbocycles. The lowest BCUT2D eigenvalue weighted by molar-refractivity contribution is 0.0593. The first kappa shape index (κ1) is 15.9. The molecule has 25 heavy (non-hydrogen) atoms. The summed E-state index contributed by atoms with van der Waals surface area (Å²) in [5.41, 5.74) is 6.52. The number of rotatable bonds is 4. The van der Waals surface area contributed by atoms with Gasteiger partial charge in [0.2, 0.25) is 0 Å². The van der Waals surface area contributed by atoms with Crippen LogP contribution >= 0.6 is 0 Å². The van der Waals surface area contributed by atoms with Crippen molar-refractivity contribution in [2.75, 3.05) is 7.11 Å². The molecule has 0 spiro atoms. The maximum Gasteiger partial charge on any atom is 0.356 e. The SMILES string of the molecule is COC(=O)c1cccc(Cc2c(C3(C)CC3)[nH]c3cc(C)ccc23)n1. The van der Waals surface area contributed by atoms with Gasteiger partial charge in [-0.2, -0.15) is 0 Å². The van der Waals surface area contributed by atoms with E-state index < -0.39 is 5.97 Å². The van der Waals surface area contributed by atoms with Gasteiger partial charge in [-0.05, 0) is 49.1 Å². The van der Waals surface area contributed by atoms with E-state index in [4.69, 9.17) is 4.74 Å². The number of esters is 1. The summed E-state index contributed by atoms with van der Waals surface area (Å²) >= 11 is 0. The molecule has 3 aromatic rings. The van der Waals surface area contributed by atoms with Crippen LogP contribution in [0, 0.1) is 6.92 Å². The molecule has 1 aliphatic rings. The molecule has 2 aromatic heterocycles. The summed E-state index contributed by atoms with van der Waals surface area (Å²) in [6, 6.07) is 12.1. The first-order valence-corrected chi connectivity index (χ1v) is 8.66. The minimum absolute atomic E-state index is 0.238. The van der Waals surface area contributed by atoms with E-state index in [2.05, 4.69) is 42.0 Å². The van der Waals surface area contributed by atoms with Gasteiger partial charge in [-0.3, -0.25) is 0 Å². The van der Waals surface area contributed by atoms with Crippen molar-refractivity contribution >= 4 is 16.9 Å². The zero-order valence-corrected chi connectivity index (χ0v) is 14.8. The fourth-order valence-corrected chi connectivity index (χ4v) is 3.48. The Morgan fingerprint density at radius 3 is 2.80 bits per heavy atom. The van der Waals surface area contributed by atoms with E-state index in [1.807, 2.05) is 12.1 Å². The number of aryl methyl sites for hydroxylation is 1. The maximum absolute atomic E-state index is 11.8. The predicted octanol–water partition coefficient (Wildman–Crippen LogP) is 4.30. The summed E-state index contributed by atoms with van der Waals surface area (Å²) in [4.78, 5) is 19.9. The van der Waals surface area contributed by atoms with Gasteiger partial charge in [-0.1, -0.05) is 25.1 Å². The molecular formula is C21H22N2O2. The average Bonchev–Trinajstić information content (AvgIpc) is 3.26. The Balaban J connectivity index is 1.80. The maximum atomic E-state index is 11.8. The number of hydrogen-bond acceptors (Lipinski definition) is 3. The van der Waals surface area contributed by atoms with Crippen LogP contribution in [0.3, 0.4) is 0 Å². The van der Waals surface area contributed by atoms with Gasteiger partial charge in [-0.25, -0.2) is 9.78 Å². The highest BCUT2D eigenvalue weighted by atomic mass is 16.5. The number of nitrogens with one attached hydrogen (secondary N) is 1. The van der Waals surface area contributed by atoms with Gasteiger partial charge in [0.25, 0.3) is 0 Å². The number of carbonyl (C=O) groups is 1. The summed E-state index contributed by atoms with van der Waals surface area (Å²) in [7, 11) is 1.38. The number of benzene rings is 1. The van der Waals surface area contributed by atoms with Crippen molar-refractivity contribution in [1.29, 1.82) is 0 Å². The second kappa shape index (κ2) is 5.73. The fraction of sp³-hybridized carbons (Fsp3) is 0.333. The lowest BCUT2D eigenvalue weighted by atomic mass is 9.96. The van der Waals surface area contributed by atoms with Gasteiger partial charge in [0, 0.05) is 34.1 Å². The highest BCUT2D eigenvalue weighted by molar-refractivity contribution is 5.87. The Morgan fingerprint density at radius 1 is 1.28 bits per heavy atom. The van der Waals surface area contributed by atoms with Crippen LogP contribution in [0.25, 0.3) is 10.9 Å². The number of pyridine rings is 1. The minimum atomic E-state index is -0.397. The number of aromatic amines is 1. The molecule has 2 heterocycles. The number of ether oxygens (including phenoxy) is 1. The molecule has 0 atom stereocenters. The number of fused-ring (bicyclic) bond motifs is 1. The van der Waals surface area contributed by atoms with Crippen LogP contribution in [0.15, 0.2) is 36.4 Å². The van der Waals surface area contributed by atoms with Crippen LogP contribution in [-0.4, -0.2) is 23.0 Å². The standard InChI is InChI=1S/C21H22N2O2/c1-13-7-8-15-16(19(21(2)9-10-21)23-18(15)11-13)12-14-5-4-6-17(22-14)20(24)25-3/h4-8,11,23H,9-10,12H2,1-3H3. The van der Waals surface area contributed by atoms with E-state index in [0.717, 1.165) is 5.69 Å². The van der Waals surface area contributed by atoms with Crippen LogP contribution < -0.4 is 0 Å². The topological polar surface area (TPSA) is 55.0 Å². The van der Waals surface area contributed by atoms with Crippen molar-refractivity contribution in [2.45, 2.75) is 38.5 Å². The molecule has 4 rings (SSSR count). The lowest BCUT2D eigenvalue weighted by Gasteiger charge is -2.11. The van der Waals surface area contributed by atoms with Gasteiger partial charge < -0.3 is 9.72 Å². The second-order valence-electron chi connectivity index (χ2n) is 7.27. The van der Waals surface area contributed by atoms with Crippen LogP contribution in [0.4, 0.5) is 0 Å². The van der Waals surface area contributed by atoms with E-state index in [1.54, 1.807) is 6.07 Å². The molecule has 128 valence electrons. The highest BCUT2D eigenvalue weighted by Gasteiger charge is 2.42. The zero-order valence-electron chi connectivity index (χ0n) is 14.8. The van der Waals surface area contributed by atoms with Gasteiger partial charge >= 0.3 is 5.97 Å². The normalized spacial score (nSPS) is 15.3. The molecule has 0 amide bonds. The molecule has 1 saturated carbocycles. The van der Waals surface area contributed by atoms with E-state index in [-0.39, 0.29) is 5.41 Å². The van der Waals surface area contributed by atoms with E-state index in [0.29, 0.717) is 12.1 Å². The van der Waals surface area contributed by atoms with E-state index in [9.17, 15) is 4.79 Å². The first-order chi connectivity index (χ1) is 12.0. The third-order valence-electron chi connectivity index (χ3n) is 5.22. The number of aromatic nitrogens is 2. The van der Waals surface area contributed by atoms with Crippen LogP contribution in [0.1, 0.15) is 52.8 Å². The van der Waals surface area contributed by atoms with Crippen molar-refractivity contribution in [3.8, 4) is 0 Å². The summed E-state index contributed by atoms with van der Waals surface area (Å²) in [5, 5.41) is 1.25. The largest absolute Gasteiger partial charge is 0.464 e. The zero-order chi connectivity index (χ0) is 17.6. The predicted molar refractivity (Wildman–Crippen MR) is 98.0 cm³/mol. The Hall–Kier alpha value is -2.62. The van der Waals surface area contributed by atoms with Crippen molar-refractivity contribution in [2.24, 2.45) is 0 Å². The molecular weight excluding hydrogens is 312 g/mol. The fourth-order valence-electron chi connectivity index (χ4n) is 3.48. The Kier molecular flexibility index (Phi) is 3.64. The third-order valence-corrected chi connectivity index (χ3v) is 5.22. The smallest absolute Gasteiger partial charge is 0.356 e. The van der Waals surface area contributed by atoms with Crippen LogP contribution in [0.2, 0.25) is 0 Å². The Labute approximate surface area is 147 Å². The summed E-state index contributed by atoms with van der Waals surface area (Å²) in [6.07, 6.45) is 3.13. The van der Waals surface area contributed by atoms with Crippen molar-refractivity contribution < 1.29 is 9.53 Å². The highest BCUT2D eigenvalue weighted by Crippen LogP contribution is 2.50. The molecule has 4 heteroatoms. The molecule has 0 aliphatic heterocycles. The minimum Gasteiger partial charge on any atom is -0.464 e. The van der Waals surface area contributed by atoms with Gasteiger partial charge in [0.15, 0.2) is 0 Å². The van der Waals surface area contributed by atoms with Crippen LogP contribution in [-0.2, 0) is 16.6 Å². The quantitative estimate of drug-likeness (QED) is 0.724. The van der Waals surface area contributed by atoms with Gasteiger partial charge in [0.1, 0.15) is 5.69 Å². The summed E-state index contributed by atoms with van der Waals surface area (Å²) < 4.78 is 4.79. The number of nitrogens with zero attached hydrogens (tertiary/aromatic N) is 1. The Morgan fingerprint density at radius 2 is 2.08 bits per heavy atom. The molecule has 0 unspecified atom stereocenters. The van der Waals surface area contributed by atoms with Gasteiger partial charge in [-0.15, -0.1) is 0 Å². The molecule has 0 bridgehead atoms. The lowest BCUT2D eigenvalue weighted by Crippen LogP contribution is -2.08. The van der Waals surface area contributed by atoms with Crippen molar-refractivity contribution in [3.05, 3.63) is 64.6 Å². The summed E-state index contributed by atoms with van der Waals surface area (Å²) in [6.45, 7) is 4.42. The number of hydrogen-bond donors (Lipinski definition) is 1. The molecule has 0 saturated heterocycles. The van der Waals surface area contributed by atoms with Gasteiger partial charge in [0.05, 0.1) is 7.11 Å². The molecule has 1 fully saturated rings. The monoisotopic (exact) mass is 334 g/mol. The number of carbonyl (C=O) groups excluding carboxylic acids is 1. The summed E-state index contributed by atoms with van der Waals surface area (Å²) in [5.74, 6) is -0.397. The van der Waals surface area contributed by atoms with Crippen molar-refractivity contribution in [3.63, 3.8) is 0 Å². The second-order valence-corrected chi connectivity index (χ2v) is 7.27. The van der Waals surface area contributed by atoms with E-state index >= 15 is 0 Å².